The van der Waals surface area contributed by atoms with Gasteiger partial charge in [-0.15, -0.1) is 0 Å². The quantitative estimate of drug-likeness (QED) is 0.935. The van der Waals surface area contributed by atoms with Gasteiger partial charge in [-0.25, -0.2) is 0 Å². The summed E-state index contributed by atoms with van der Waals surface area (Å²) in [5.74, 6) is 0.553. The molecule has 2 aliphatic carbocycles. The number of benzene rings is 2. The number of carboxylic acids is 1. The van der Waals surface area contributed by atoms with Crippen LogP contribution in [0, 0.1) is 11.8 Å². The van der Waals surface area contributed by atoms with Crippen LogP contribution in [0.1, 0.15) is 22.6 Å². The zero-order chi connectivity index (χ0) is 14.4. The summed E-state index contributed by atoms with van der Waals surface area (Å²) in [5, 5.41) is 9.17. The Balaban J connectivity index is 1.54. The minimum atomic E-state index is -0.661. The van der Waals surface area contributed by atoms with Gasteiger partial charge in [-0.1, -0.05) is 42.5 Å². The van der Waals surface area contributed by atoms with Crippen molar-refractivity contribution in [3.63, 3.8) is 0 Å². The summed E-state index contributed by atoms with van der Waals surface area (Å²) in [4.78, 5) is 11.1. The minimum absolute atomic E-state index is 0.179. The van der Waals surface area contributed by atoms with Crippen molar-refractivity contribution in [3.05, 3.63) is 65.2 Å². The third kappa shape index (κ3) is 2.00. The van der Waals surface area contributed by atoms with Crippen LogP contribution in [0.2, 0.25) is 0 Å². The van der Waals surface area contributed by atoms with Gasteiger partial charge >= 0.3 is 5.97 Å². The Morgan fingerprint density at radius 1 is 1.14 bits per heavy atom. The van der Waals surface area contributed by atoms with Crippen molar-refractivity contribution in [2.24, 2.45) is 11.8 Å². The molecular weight excluding hydrogens is 264 g/mol. The molecule has 3 nitrogen and oxygen atoms in total. The normalized spacial score (nSPS) is 25.0. The Bertz CT molecular complexity index is 693. The van der Waals surface area contributed by atoms with E-state index in [2.05, 4.69) is 6.07 Å². The lowest BCUT2D eigenvalue weighted by Crippen LogP contribution is -2.06. The molecule has 0 spiro atoms. The average Bonchev–Trinajstić information content (AvgIpc) is 3.10. The summed E-state index contributed by atoms with van der Waals surface area (Å²) >= 11 is 0. The van der Waals surface area contributed by atoms with E-state index in [1.165, 1.54) is 11.1 Å². The van der Waals surface area contributed by atoms with Crippen LogP contribution in [0.5, 0.6) is 5.75 Å². The van der Waals surface area contributed by atoms with Gasteiger partial charge in [0.25, 0.3) is 0 Å². The van der Waals surface area contributed by atoms with E-state index in [0.717, 1.165) is 17.7 Å². The second-order valence-electron chi connectivity index (χ2n) is 5.86. The predicted octanol–water partition coefficient (Wildman–Crippen LogP) is 3.24. The number of rotatable bonds is 4. The number of ether oxygens (including phenoxy) is 1. The van der Waals surface area contributed by atoms with Gasteiger partial charge in [-0.2, -0.15) is 0 Å². The van der Waals surface area contributed by atoms with Crippen molar-refractivity contribution in [2.45, 2.75) is 18.9 Å². The lowest BCUT2D eigenvalue weighted by molar-refractivity contribution is -0.139. The van der Waals surface area contributed by atoms with Gasteiger partial charge in [0.2, 0.25) is 0 Å². The van der Waals surface area contributed by atoms with Gasteiger partial charge in [0.15, 0.2) is 0 Å². The maximum atomic E-state index is 11.1. The number of hydrogen-bond acceptors (Lipinski definition) is 2. The number of carbonyl (C=O) groups is 1. The third-order valence-electron chi connectivity index (χ3n) is 4.66. The lowest BCUT2D eigenvalue weighted by atomic mass is 10.0. The molecule has 106 valence electrons. The second-order valence-corrected chi connectivity index (χ2v) is 5.86. The molecule has 1 fully saturated rings. The van der Waals surface area contributed by atoms with Gasteiger partial charge in [0, 0.05) is 5.92 Å². The number of aliphatic carboxylic acids is 1. The summed E-state index contributed by atoms with van der Waals surface area (Å²) in [7, 11) is 0. The average molecular weight is 280 g/mol. The molecule has 0 aliphatic heterocycles. The molecular formula is C18H16O3. The largest absolute Gasteiger partial charge is 0.489 e. The highest BCUT2D eigenvalue weighted by molar-refractivity contribution is 5.78. The fourth-order valence-electron chi connectivity index (χ4n) is 3.61. The van der Waals surface area contributed by atoms with Crippen LogP contribution in [-0.4, -0.2) is 11.1 Å². The molecule has 0 amide bonds. The molecule has 2 aliphatic rings. The first-order valence-corrected chi connectivity index (χ1v) is 7.27. The van der Waals surface area contributed by atoms with Crippen LogP contribution in [0.15, 0.2) is 48.5 Å². The Morgan fingerprint density at radius 3 is 2.71 bits per heavy atom. The summed E-state index contributed by atoms with van der Waals surface area (Å²) < 4.78 is 5.95. The van der Waals surface area contributed by atoms with Gasteiger partial charge in [0.05, 0.1) is 5.92 Å². The van der Waals surface area contributed by atoms with Crippen molar-refractivity contribution < 1.29 is 14.6 Å². The monoisotopic (exact) mass is 280 g/mol. The first-order valence-electron chi connectivity index (χ1n) is 7.27. The molecule has 0 bridgehead atoms. The minimum Gasteiger partial charge on any atom is -0.489 e. The van der Waals surface area contributed by atoms with Crippen LogP contribution >= 0.6 is 0 Å². The van der Waals surface area contributed by atoms with Crippen LogP contribution in [0.4, 0.5) is 0 Å². The second kappa shape index (κ2) is 4.62. The first-order chi connectivity index (χ1) is 10.3. The van der Waals surface area contributed by atoms with E-state index in [1.54, 1.807) is 0 Å². The van der Waals surface area contributed by atoms with Gasteiger partial charge in [0.1, 0.15) is 12.4 Å². The Morgan fingerprint density at radius 2 is 1.95 bits per heavy atom. The molecule has 1 N–H and O–H groups in total. The SMILES string of the molecule is O=C(O)[C@H]1[C@@H]2Cc3c(OCc4ccccc4)cccc3[C@@H]21. The zero-order valence-electron chi connectivity index (χ0n) is 11.5. The van der Waals surface area contributed by atoms with E-state index in [4.69, 9.17) is 4.74 Å². The molecule has 0 saturated heterocycles. The van der Waals surface area contributed by atoms with Crippen LogP contribution in [0.25, 0.3) is 0 Å². The highest BCUT2D eigenvalue weighted by Gasteiger charge is 2.60. The van der Waals surface area contributed by atoms with Gasteiger partial charge < -0.3 is 9.84 Å². The van der Waals surface area contributed by atoms with Crippen molar-refractivity contribution in [1.82, 2.24) is 0 Å². The molecule has 0 aromatic heterocycles. The van der Waals surface area contributed by atoms with Crippen molar-refractivity contribution in [3.8, 4) is 5.75 Å². The molecule has 3 atom stereocenters. The van der Waals surface area contributed by atoms with Crippen LogP contribution in [0.3, 0.4) is 0 Å². The molecule has 0 radical (unpaired) electrons. The maximum Gasteiger partial charge on any atom is 0.307 e. The Kier molecular flexibility index (Phi) is 2.74. The standard InChI is InChI=1S/C18H16O3/c19-18(20)17-14-9-13-12(16(14)17)7-4-8-15(13)21-10-11-5-2-1-3-6-11/h1-8,14,16-17H,9-10H2,(H,19,20)/t14-,16+,17+/m1/s1. The topological polar surface area (TPSA) is 46.5 Å². The molecule has 2 aromatic rings. The lowest BCUT2D eigenvalue weighted by Gasteiger charge is -2.13. The van der Waals surface area contributed by atoms with Crippen molar-refractivity contribution in [2.75, 3.05) is 0 Å². The van der Waals surface area contributed by atoms with E-state index >= 15 is 0 Å². The van der Waals surface area contributed by atoms with E-state index in [0.29, 0.717) is 6.61 Å². The summed E-state index contributed by atoms with van der Waals surface area (Å²) in [6.07, 6.45) is 0.835. The van der Waals surface area contributed by atoms with Crippen molar-refractivity contribution in [1.29, 1.82) is 0 Å². The number of hydrogen-bond donors (Lipinski definition) is 1. The molecule has 1 saturated carbocycles. The summed E-state index contributed by atoms with van der Waals surface area (Å²) in [6, 6.07) is 16.1. The van der Waals surface area contributed by atoms with E-state index in [-0.39, 0.29) is 17.8 Å². The number of fused-ring (bicyclic) bond motifs is 3. The molecule has 21 heavy (non-hydrogen) atoms. The highest BCUT2D eigenvalue weighted by atomic mass is 16.5. The highest BCUT2D eigenvalue weighted by Crippen LogP contribution is 2.62. The zero-order valence-corrected chi connectivity index (χ0v) is 11.5. The smallest absolute Gasteiger partial charge is 0.307 e. The fourth-order valence-corrected chi connectivity index (χ4v) is 3.61. The van der Waals surface area contributed by atoms with E-state index in [9.17, 15) is 9.90 Å². The first kappa shape index (κ1) is 12.5. The molecule has 3 heteroatoms. The Hall–Kier alpha value is -2.29. The molecule has 0 heterocycles. The predicted molar refractivity (Wildman–Crippen MR) is 78.3 cm³/mol. The summed E-state index contributed by atoms with van der Waals surface area (Å²) in [5.41, 5.74) is 3.53. The van der Waals surface area contributed by atoms with Crippen LogP contribution < -0.4 is 4.74 Å². The van der Waals surface area contributed by atoms with Crippen LogP contribution in [-0.2, 0) is 17.8 Å². The fraction of sp³-hybridized carbons (Fsp3) is 0.278. The summed E-state index contributed by atoms with van der Waals surface area (Å²) in [6.45, 7) is 0.551. The van der Waals surface area contributed by atoms with Gasteiger partial charge in [-0.3, -0.25) is 4.79 Å². The van der Waals surface area contributed by atoms with Gasteiger partial charge in [-0.05, 0) is 35.1 Å². The van der Waals surface area contributed by atoms with Crippen molar-refractivity contribution >= 4 is 5.97 Å². The molecule has 4 rings (SSSR count). The Labute approximate surface area is 123 Å². The number of carboxylic acid groups (broad SMARTS) is 1. The maximum absolute atomic E-state index is 11.1. The molecule has 0 unspecified atom stereocenters. The van der Waals surface area contributed by atoms with E-state index < -0.39 is 5.97 Å². The third-order valence-corrected chi connectivity index (χ3v) is 4.66. The van der Waals surface area contributed by atoms with E-state index in [1.807, 2.05) is 42.5 Å². The molecule has 2 aromatic carbocycles.